The third-order valence-corrected chi connectivity index (χ3v) is 3.71. The molecule has 110 valence electrons. The largest absolute Gasteiger partial charge is 0.323 e. The number of rotatable bonds is 2. The van der Waals surface area contributed by atoms with E-state index in [1.165, 1.54) is 0 Å². The highest BCUT2D eigenvalue weighted by atomic mass is 35.5. The Balaban J connectivity index is 2.17. The number of carbonyl (C=O) groups excluding carboxylic acids is 1. The fourth-order valence-corrected chi connectivity index (χ4v) is 2.64. The van der Waals surface area contributed by atoms with Gasteiger partial charge in [-0.05, 0) is 49.2 Å². The zero-order valence-corrected chi connectivity index (χ0v) is 13.7. The summed E-state index contributed by atoms with van der Waals surface area (Å²) in [5, 5.41) is 6.74. The van der Waals surface area contributed by atoms with E-state index in [0.717, 1.165) is 11.1 Å². The highest BCUT2D eigenvalue weighted by molar-refractivity contribution is 6.36. The minimum atomic E-state index is -0.437. The molecule has 2 aromatic carbocycles. The van der Waals surface area contributed by atoms with Gasteiger partial charge in [0, 0.05) is 5.02 Å². The first-order valence-electron chi connectivity index (χ1n) is 6.16. The normalized spacial score (nSPS) is 10.3. The van der Waals surface area contributed by atoms with E-state index in [-0.39, 0.29) is 0 Å². The lowest BCUT2D eigenvalue weighted by molar-refractivity contribution is 0.262. The predicted molar refractivity (Wildman–Crippen MR) is 90.0 cm³/mol. The van der Waals surface area contributed by atoms with Crippen molar-refractivity contribution in [1.29, 1.82) is 0 Å². The average Bonchev–Trinajstić information content (AvgIpc) is 2.38. The van der Waals surface area contributed by atoms with E-state index < -0.39 is 6.03 Å². The van der Waals surface area contributed by atoms with Crippen LogP contribution in [0.25, 0.3) is 0 Å². The third kappa shape index (κ3) is 4.03. The van der Waals surface area contributed by atoms with E-state index in [0.29, 0.717) is 26.4 Å². The molecule has 0 saturated carbocycles. The van der Waals surface area contributed by atoms with Crippen LogP contribution >= 0.6 is 34.8 Å². The van der Waals surface area contributed by atoms with Crippen LogP contribution in [0.5, 0.6) is 0 Å². The van der Waals surface area contributed by atoms with Crippen LogP contribution < -0.4 is 10.6 Å². The van der Waals surface area contributed by atoms with Gasteiger partial charge in [0.05, 0.1) is 21.4 Å². The number of amides is 2. The minimum absolute atomic E-state index is 0.404. The topological polar surface area (TPSA) is 41.1 Å². The number of aryl methyl sites for hydroxylation is 2. The molecule has 6 heteroatoms. The second kappa shape index (κ2) is 6.56. The summed E-state index contributed by atoms with van der Waals surface area (Å²) in [4.78, 5) is 12.1. The molecule has 0 unspecified atom stereocenters. The van der Waals surface area contributed by atoms with Gasteiger partial charge < -0.3 is 10.6 Å². The molecule has 2 amide bonds. The summed E-state index contributed by atoms with van der Waals surface area (Å²) < 4.78 is 0. The van der Waals surface area contributed by atoms with Gasteiger partial charge in [0.2, 0.25) is 0 Å². The maximum atomic E-state index is 12.1. The van der Waals surface area contributed by atoms with E-state index in [4.69, 9.17) is 34.8 Å². The fourth-order valence-electron chi connectivity index (χ4n) is 1.93. The molecule has 0 aliphatic heterocycles. The summed E-state index contributed by atoms with van der Waals surface area (Å²) in [5.74, 6) is 0. The van der Waals surface area contributed by atoms with Gasteiger partial charge in [-0.15, -0.1) is 0 Å². The van der Waals surface area contributed by atoms with Crippen LogP contribution in [0.3, 0.4) is 0 Å². The van der Waals surface area contributed by atoms with Crippen molar-refractivity contribution in [3.63, 3.8) is 0 Å². The van der Waals surface area contributed by atoms with Gasteiger partial charge in [-0.3, -0.25) is 0 Å². The molecule has 0 aromatic heterocycles. The molecule has 0 bridgehead atoms. The van der Waals surface area contributed by atoms with Crippen molar-refractivity contribution in [2.24, 2.45) is 0 Å². The Hall–Kier alpha value is -1.42. The molecule has 0 radical (unpaired) electrons. The molecule has 3 nitrogen and oxygen atoms in total. The number of carbonyl (C=O) groups is 1. The fraction of sp³-hybridized carbons (Fsp3) is 0.133. The smallest absolute Gasteiger partial charge is 0.306 e. The van der Waals surface area contributed by atoms with Gasteiger partial charge in [-0.25, -0.2) is 4.79 Å². The Bertz CT molecular complexity index is 678. The molecular formula is C15H13Cl3N2O. The van der Waals surface area contributed by atoms with Gasteiger partial charge in [-0.2, -0.15) is 0 Å². The monoisotopic (exact) mass is 342 g/mol. The van der Waals surface area contributed by atoms with Crippen LogP contribution in [-0.2, 0) is 0 Å². The van der Waals surface area contributed by atoms with Crippen molar-refractivity contribution in [3.05, 3.63) is 56.5 Å². The van der Waals surface area contributed by atoms with Crippen molar-refractivity contribution in [1.82, 2.24) is 0 Å². The van der Waals surface area contributed by atoms with Crippen LogP contribution in [0.15, 0.2) is 30.3 Å². The maximum absolute atomic E-state index is 12.1. The predicted octanol–water partition coefficient (Wildman–Crippen LogP) is 5.91. The van der Waals surface area contributed by atoms with Gasteiger partial charge in [0.25, 0.3) is 0 Å². The lowest BCUT2D eigenvalue weighted by Crippen LogP contribution is -2.20. The summed E-state index contributed by atoms with van der Waals surface area (Å²) in [5.41, 5.74) is 2.91. The van der Waals surface area contributed by atoms with Crippen molar-refractivity contribution in [2.45, 2.75) is 13.8 Å². The van der Waals surface area contributed by atoms with Gasteiger partial charge >= 0.3 is 6.03 Å². The molecule has 2 rings (SSSR count). The van der Waals surface area contributed by atoms with Crippen LogP contribution in [0, 0.1) is 13.8 Å². The number of halogens is 3. The average molecular weight is 344 g/mol. The van der Waals surface area contributed by atoms with E-state index in [2.05, 4.69) is 10.6 Å². The van der Waals surface area contributed by atoms with Gasteiger partial charge in [0.1, 0.15) is 0 Å². The van der Waals surface area contributed by atoms with Crippen molar-refractivity contribution in [2.75, 3.05) is 10.6 Å². The summed E-state index contributed by atoms with van der Waals surface area (Å²) in [6.45, 7) is 3.81. The van der Waals surface area contributed by atoms with Crippen LogP contribution in [0.2, 0.25) is 15.1 Å². The first-order valence-corrected chi connectivity index (χ1v) is 7.30. The summed E-state index contributed by atoms with van der Waals surface area (Å²) in [7, 11) is 0. The number of benzene rings is 2. The molecule has 21 heavy (non-hydrogen) atoms. The highest BCUT2D eigenvalue weighted by Gasteiger charge is 2.11. The minimum Gasteiger partial charge on any atom is -0.306 e. The van der Waals surface area contributed by atoms with E-state index >= 15 is 0 Å². The summed E-state index contributed by atoms with van der Waals surface area (Å²) in [6, 6.07) is 8.13. The standard InChI is InChI=1S/C15H13Cl3N2O/c1-8-5-9(2)14(12(18)6-8)20-15(21)19-13-7-10(16)3-4-11(13)17/h3-7H,1-2H3,(H2,19,20,21). The van der Waals surface area contributed by atoms with E-state index in [1.54, 1.807) is 24.3 Å². The third-order valence-electron chi connectivity index (χ3n) is 2.85. The Morgan fingerprint density at radius 3 is 2.33 bits per heavy atom. The van der Waals surface area contributed by atoms with Crippen molar-refractivity contribution in [3.8, 4) is 0 Å². The van der Waals surface area contributed by atoms with Gasteiger partial charge in [-0.1, -0.05) is 40.9 Å². The number of hydrogen-bond donors (Lipinski definition) is 2. The molecule has 0 atom stereocenters. The zero-order chi connectivity index (χ0) is 15.6. The first-order chi connectivity index (χ1) is 9.86. The molecule has 0 spiro atoms. The number of anilines is 2. The van der Waals surface area contributed by atoms with Gasteiger partial charge in [0.15, 0.2) is 0 Å². The molecule has 2 aromatic rings. The van der Waals surface area contributed by atoms with Crippen molar-refractivity contribution < 1.29 is 4.79 Å². The van der Waals surface area contributed by atoms with Crippen molar-refractivity contribution >= 4 is 52.2 Å². The lowest BCUT2D eigenvalue weighted by Gasteiger charge is -2.13. The second-order valence-electron chi connectivity index (χ2n) is 4.64. The quantitative estimate of drug-likeness (QED) is 0.699. The lowest BCUT2D eigenvalue weighted by atomic mass is 10.1. The maximum Gasteiger partial charge on any atom is 0.323 e. The number of hydrogen-bond acceptors (Lipinski definition) is 1. The molecule has 0 saturated heterocycles. The number of urea groups is 1. The molecular weight excluding hydrogens is 331 g/mol. The Morgan fingerprint density at radius 1 is 0.952 bits per heavy atom. The highest BCUT2D eigenvalue weighted by Crippen LogP contribution is 2.29. The van der Waals surface area contributed by atoms with Crippen LogP contribution in [0.4, 0.5) is 16.2 Å². The van der Waals surface area contributed by atoms with E-state index in [9.17, 15) is 4.79 Å². The summed E-state index contributed by atoms with van der Waals surface area (Å²) in [6.07, 6.45) is 0. The SMILES string of the molecule is Cc1cc(C)c(NC(=O)Nc2cc(Cl)ccc2Cl)c(Cl)c1. The zero-order valence-electron chi connectivity index (χ0n) is 11.4. The Morgan fingerprint density at radius 2 is 1.67 bits per heavy atom. The molecule has 2 N–H and O–H groups in total. The molecule has 0 heterocycles. The number of nitrogens with one attached hydrogen (secondary N) is 2. The van der Waals surface area contributed by atoms with Crippen LogP contribution in [0.1, 0.15) is 11.1 Å². The second-order valence-corrected chi connectivity index (χ2v) is 5.89. The Labute approximate surface area is 138 Å². The first kappa shape index (κ1) is 16.0. The van der Waals surface area contributed by atoms with Crippen LogP contribution in [-0.4, -0.2) is 6.03 Å². The molecule has 0 aliphatic rings. The molecule has 0 aliphatic carbocycles. The van der Waals surface area contributed by atoms with E-state index in [1.807, 2.05) is 19.9 Å². The Kier molecular flexibility index (Phi) is 4.99. The molecule has 0 fully saturated rings. The summed E-state index contributed by atoms with van der Waals surface area (Å²) >= 11 is 18.0.